The second-order valence-corrected chi connectivity index (χ2v) is 7.31. The summed E-state index contributed by atoms with van der Waals surface area (Å²) in [6, 6.07) is 8.40. The number of carbonyl (C=O) groups is 1. The lowest BCUT2D eigenvalue weighted by Gasteiger charge is -2.53. The number of hydrogen-bond donors (Lipinski definition) is 1. The molecule has 1 amide bonds. The monoisotopic (exact) mass is 316 g/mol. The molecule has 0 unspecified atom stereocenters. The number of aliphatic hydroxyl groups is 1. The molecule has 2 heterocycles. The summed E-state index contributed by atoms with van der Waals surface area (Å²) in [5.41, 5.74) is 2.29. The van der Waals surface area contributed by atoms with Gasteiger partial charge in [0.05, 0.1) is 13.0 Å². The lowest BCUT2D eigenvalue weighted by atomic mass is 9.69. The number of nitrogens with zero attached hydrogens (tertiary/aromatic N) is 2. The van der Waals surface area contributed by atoms with E-state index >= 15 is 0 Å². The van der Waals surface area contributed by atoms with Gasteiger partial charge in [-0.15, -0.1) is 0 Å². The molecule has 4 heteroatoms. The highest BCUT2D eigenvalue weighted by molar-refractivity contribution is 5.79. The first-order valence-corrected chi connectivity index (χ1v) is 8.69. The van der Waals surface area contributed by atoms with Gasteiger partial charge in [-0.25, -0.2) is 0 Å². The number of hydrogen-bond acceptors (Lipinski definition) is 3. The molecule has 23 heavy (non-hydrogen) atoms. The molecular weight excluding hydrogens is 288 g/mol. The molecule has 1 aromatic rings. The van der Waals surface area contributed by atoms with E-state index in [9.17, 15) is 9.90 Å². The standard InChI is InChI=1S/C19H28N2O2/c1-15-6-3-4-7-16(15)12-18(23)21-11-9-19(14-22)8-5-10-20(2)17(19)13-21/h3-4,6-7,17,22H,5,8-14H2,1-2H3/t17-,19-/m1/s1. The molecule has 0 radical (unpaired) electrons. The van der Waals surface area contributed by atoms with Gasteiger partial charge in [0.25, 0.3) is 0 Å². The van der Waals surface area contributed by atoms with Gasteiger partial charge in [0.2, 0.25) is 5.91 Å². The van der Waals surface area contributed by atoms with Crippen LogP contribution >= 0.6 is 0 Å². The molecule has 0 aliphatic carbocycles. The summed E-state index contributed by atoms with van der Waals surface area (Å²) < 4.78 is 0. The van der Waals surface area contributed by atoms with Crippen molar-refractivity contribution in [2.24, 2.45) is 5.41 Å². The van der Waals surface area contributed by atoms with Crippen LogP contribution in [0, 0.1) is 12.3 Å². The van der Waals surface area contributed by atoms with Crippen molar-refractivity contribution in [2.45, 2.75) is 38.6 Å². The Morgan fingerprint density at radius 3 is 2.83 bits per heavy atom. The molecule has 0 aromatic heterocycles. The van der Waals surface area contributed by atoms with E-state index in [4.69, 9.17) is 0 Å². The van der Waals surface area contributed by atoms with E-state index in [1.165, 1.54) is 5.56 Å². The lowest BCUT2D eigenvalue weighted by Crippen LogP contribution is -2.62. The third-order valence-electron chi connectivity index (χ3n) is 5.97. The Hall–Kier alpha value is -1.39. The predicted octanol–water partition coefficient (Wildman–Crippen LogP) is 1.84. The van der Waals surface area contributed by atoms with E-state index in [0.717, 1.165) is 44.5 Å². The predicted molar refractivity (Wildman–Crippen MR) is 91.3 cm³/mol. The molecule has 126 valence electrons. The number of aryl methyl sites for hydroxylation is 1. The van der Waals surface area contributed by atoms with Crippen molar-refractivity contribution in [3.63, 3.8) is 0 Å². The molecule has 1 aromatic carbocycles. The first-order chi connectivity index (χ1) is 11.1. The van der Waals surface area contributed by atoms with E-state index in [-0.39, 0.29) is 24.0 Å². The Morgan fingerprint density at radius 1 is 1.30 bits per heavy atom. The zero-order chi connectivity index (χ0) is 16.4. The number of amides is 1. The Kier molecular flexibility index (Phi) is 4.74. The zero-order valence-corrected chi connectivity index (χ0v) is 14.3. The average Bonchev–Trinajstić information content (AvgIpc) is 2.57. The summed E-state index contributed by atoms with van der Waals surface area (Å²) in [5, 5.41) is 9.96. The Balaban J connectivity index is 1.70. The zero-order valence-electron chi connectivity index (χ0n) is 14.3. The van der Waals surface area contributed by atoms with Crippen molar-refractivity contribution in [3.05, 3.63) is 35.4 Å². The van der Waals surface area contributed by atoms with E-state index < -0.39 is 0 Å². The molecule has 0 spiro atoms. The largest absolute Gasteiger partial charge is 0.396 e. The molecule has 3 rings (SSSR count). The van der Waals surface area contributed by atoms with Crippen molar-refractivity contribution in [1.82, 2.24) is 9.80 Å². The van der Waals surface area contributed by atoms with Gasteiger partial charge in [0.1, 0.15) is 0 Å². The molecule has 4 nitrogen and oxygen atoms in total. The first-order valence-electron chi connectivity index (χ1n) is 8.69. The normalized spacial score (nSPS) is 28.5. The van der Waals surface area contributed by atoms with Gasteiger partial charge in [-0.3, -0.25) is 4.79 Å². The second-order valence-electron chi connectivity index (χ2n) is 7.31. The minimum absolute atomic E-state index is 0.00750. The number of piperidine rings is 2. The van der Waals surface area contributed by atoms with E-state index in [0.29, 0.717) is 6.42 Å². The molecule has 2 saturated heterocycles. The van der Waals surface area contributed by atoms with E-state index in [1.54, 1.807) is 0 Å². The van der Waals surface area contributed by atoms with Crippen LogP contribution in [0.25, 0.3) is 0 Å². The molecule has 0 bridgehead atoms. The molecule has 1 N–H and O–H groups in total. The van der Waals surface area contributed by atoms with Crippen LogP contribution < -0.4 is 0 Å². The minimum Gasteiger partial charge on any atom is -0.396 e. The quantitative estimate of drug-likeness (QED) is 0.925. The lowest BCUT2D eigenvalue weighted by molar-refractivity contribution is -0.139. The SMILES string of the molecule is Cc1ccccc1CC(=O)N1CC[C@@]2(CO)CCCN(C)[C@@H]2C1. The molecule has 0 saturated carbocycles. The highest BCUT2D eigenvalue weighted by atomic mass is 16.3. The summed E-state index contributed by atoms with van der Waals surface area (Å²) in [4.78, 5) is 17.1. The van der Waals surface area contributed by atoms with Crippen LogP contribution in [-0.4, -0.2) is 60.1 Å². The maximum Gasteiger partial charge on any atom is 0.227 e. The van der Waals surface area contributed by atoms with Crippen molar-refractivity contribution < 1.29 is 9.90 Å². The van der Waals surface area contributed by atoms with Gasteiger partial charge in [-0.2, -0.15) is 0 Å². The number of benzene rings is 1. The topological polar surface area (TPSA) is 43.8 Å². The summed E-state index contributed by atoms with van der Waals surface area (Å²) >= 11 is 0. The number of rotatable bonds is 3. The number of likely N-dealkylation sites (N-methyl/N-ethyl adjacent to an activating group) is 1. The average molecular weight is 316 g/mol. The van der Waals surface area contributed by atoms with Gasteiger partial charge in [-0.05, 0) is 50.9 Å². The van der Waals surface area contributed by atoms with Gasteiger partial charge in [-0.1, -0.05) is 24.3 Å². The number of likely N-dealkylation sites (tertiary alicyclic amines) is 2. The highest BCUT2D eigenvalue weighted by Crippen LogP contribution is 2.41. The maximum atomic E-state index is 12.7. The highest BCUT2D eigenvalue weighted by Gasteiger charge is 2.47. The van der Waals surface area contributed by atoms with Crippen LogP contribution in [0.4, 0.5) is 0 Å². The number of carbonyl (C=O) groups excluding carboxylic acids is 1. The summed E-state index contributed by atoms with van der Waals surface area (Å²) in [6.07, 6.45) is 3.62. The van der Waals surface area contributed by atoms with E-state index in [1.807, 2.05) is 23.1 Å². The van der Waals surface area contributed by atoms with Gasteiger partial charge in [0.15, 0.2) is 0 Å². The second kappa shape index (κ2) is 6.62. The van der Waals surface area contributed by atoms with Crippen molar-refractivity contribution >= 4 is 5.91 Å². The fourth-order valence-electron chi connectivity index (χ4n) is 4.33. The number of fused-ring (bicyclic) bond motifs is 1. The Labute approximate surface area is 139 Å². The fraction of sp³-hybridized carbons (Fsp3) is 0.632. The minimum atomic E-state index is -0.00750. The van der Waals surface area contributed by atoms with Crippen LogP contribution in [0.5, 0.6) is 0 Å². The third kappa shape index (κ3) is 3.15. The smallest absolute Gasteiger partial charge is 0.227 e. The van der Waals surface area contributed by atoms with Crippen molar-refractivity contribution in [2.75, 3.05) is 33.3 Å². The Bertz CT molecular complexity index is 574. The molecule has 2 atom stereocenters. The molecule has 2 aliphatic rings. The fourth-order valence-corrected chi connectivity index (χ4v) is 4.33. The summed E-state index contributed by atoms with van der Waals surface area (Å²) in [7, 11) is 2.13. The van der Waals surface area contributed by atoms with Crippen LogP contribution in [0.1, 0.15) is 30.4 Å². The molecule has 2 fully saturated rings. The van der Waals surface area contributed by atoms with Crippen LogP contribution in [0.2, 0.25) is 0 Å². The maximum absolute atomic E-state index is 12.7. The van der Waals surface area contributed by atoms with Gasteiger partial charge < -0.3 is 14.9 Å². The van der Waals surface area contributed by atoms with Crippen LogP contribution in [0.3, 0.4) is 0 Å². The summed E-state index contributed by atoms with van der Waals surface area (Å²) in [6.45, 7) is 4.88. The number of aliphatic hydroxyl groups excluding tert-OH is 1. The summed E-state index contributed by atoms with van der Waals surface area (Å²) in [5.74, 6) is 0.213. The first kappa shape index (κ1) is 16.5. The van der Waals surface area contributed by atoms with Crippen LogP contribution in [0.15, 0.2) is 24.3 Å². The van der Waals surface area contributed by atoms with Crippen LogP contribution in [-0.2, 0) is 11.2 Å². The van der Waals surface area contributed by atoms with Gasteiger partial charge >= 0.3 is 0 Å². The van der Waals surface area contributed by atoms with Gasteiger partial charge in [0, 0.05) is 24.5 Å². The van der Waals surface area contributed by atoms with E-state index in [2.05, 4.69) is 24.9 Å². The Morgan fingerprint density at radius 2 is 2.09 bits per heavy atom. The third-order valence-corrected chi connectivity index (χ3v) is 5.97. The molecule has 2 aliphatic heterocycles. The molecular formula is C19H28N2O2. The van der Waals surface area contributed by atoms with Crippen molar-refractivity contribution in [1.29, 1.82) is 0 Å². The van der Waals surface area contributed by atoms with Crippen molar-refractivity contribution in [3.8, 4) is 0 Å².